The second kappa shape index (κ2) is 11.2. The summed E-state index contributed by atoms with van der Waals surface area (Å²) in [7, 11) is 0. The van der Waals surface area contributed by atoms with Gasteiger partial charge in [0.25, 0.3) is 0 Å². The summed E-state index contributed by atoms with van der Waals surface area (Å²) in [6.45, 7) is 0. The van der Waals surface area contributed by atoms with E-state index in [4.69, 9.17) is 16.7 Å². The number of amides is 2. The molecule has 0 bridgehead atoms. The van der Waals surface area contributed by atoms with Crippen molar-refractivity contribution in [3.05, 3.63) is 76.9 Å². The number of aromatic nitrogens is 1. The van der Waals surface area contributed by atoms with Gasteiger partial charge < -0.3 is 15.7 Å². The van der Waals surface area contributed by atoms with Crippen LogP contribution in [0.2, 0.25) is 5.02 Å². The Morgan fingerprint density at radius 3 is 2.19 bits per heavy atom. The molecule has 4 rings (SSSR count). The number of carboxylic acids is 1. The third kappa shape index (κ3) is 7.01. The molecule has 194 valence electrons. The second-order valence-corrected chi connectivity index (χ2v) is 9.55. The molecule has 0 saturated heterocycles. The molecule has 37 heavy (non-hydrogen) atoms. The van der Waals surface area contributed by atoms with Crippen molar-refractivity contribution in [2.75, 3.05) is 10.6 Å². The molecule has 0 radical (unpaired) electrons. The van der Waals surface area contributed by atoms with E-state index >= 15 is 0 Å². The highest BCUT2D eigenvalue weighted by molar-refractivity contribution is 6.31. The first-order chi connectivity index (χ1) is 17.6. The van der Waals surface area contributed by atoms with Crippen LogP contribution in [0.1, 0.15) is 49.1 Å². The van der Waals surface area contributed by atoms with Gasteiger partial charge in [-0.1, -0.05) is 35.9 Å². The lowest BCUT2D eigenvalue weighted by Gasteiger charge is -2.28. The second-order valence-electron chi connectivity index (χ2n) is 9.14. The molecule has 1 aliphatic rings. The Kier molecular flexibility index (Phi) is 8.02. The van der Waals surface area contributed by atoms with E-state index in [1.807, 2.05) is 12.1 Å². The third-order valence-corrected chi connectivity index (χ3v) is 6.87. The summed E-state index contributed by atoms with van der Waals surface area (Å²) in [6.07, 6.45) is 0.870. The van der Waals surface area contributed by atoms with Crippen LogP contribution in [0.5, 0.6) is 0 Å². The Labute approximate surface area is 216 Å². The number of halogens is 4. The number of benzene rings is 2. The smallest absolute Gasteiger partial charge is 0.417 e. The molecule has 1 fully saturated rings. The van der Waals surface area contributed by atoms with Gasteiger partial charge in [-0.05, 0) is 73.4 Å². The monoisotopic (exact) mass is 531 g/mol. The number of alkyl halides is 3. The van der Waals surface area contributed by atoms with Crippen LogP contribution in [0.3, 0.4) is 0 Å². The van der Waals surface area contributed by atoms with Gasteiger partial charge in [0.15, 0.2) is 0 Å². The van der Waals surface area contributed by atoms with E-state index in [1.165, 1.54) is 17.8 Å². The molecule has 1 heterocycles. The topological polar surface area (TPSA) is 91.3 Å². The number of nitrogens with zero attached hydrogens (tertiary/aromatic N) is 1. The number of carboxylic acid groups (broad SMARTS) is 1. The van der Waals surface area contributed by atoms with Gasteiger partial charge in [-0.3, -0.25) is 9.78 Å². The Balaban J connectivity index is 1.33. The van der Waals surface area contributed by atoms with E-state index in [0.29, 0.717) is 17.3 Å². The number of urea groups is 1. The standard InChI is InChI=1S/C27H25ClF3N3O3/c28-23-11-9-20(14-22(23)27(29,30)31)33-26(37)34-21-10-12-24(32-15-21)19-7-5-18(6-8-19)17-3-1-16(2-4-17)13-25(35)36/h5-12,14-17H,1-4,13H2,(H,35,36)(H2,33,34,37). The zero-order valence-electron chi connectivity index (χ0n) is 19.7. The highest BCUT2D eigenvalue weighted by Gasteiger charge is 2.33. The fourth-order valence-corrected chi connectivity index (χ4v) is 4.85. The molecular weight excluding hydrogens is 507 g/mol. The van der Waals surface area contributed by atoms with Crippen molar-refractivity contribution in [2.45, 2.75) is 44.2 Å². The van der Waals surface area contributed by atoms with Crippen molar-refractivity contribution in [1.29, 1.82) is 0 Å². The first kappa shape index (κ1) is 26.5. The minimum absolute atomic E-state index is 0.0470. The highest BCUT2D eigenvalue weighted by Crippen LogP contribution is 2.38. The van der Waals surface area contributed by atoms with Crippen LogP contribution in [0.25, 0.3) is 11.3 Å². The lowest BCUT2D eigenvalue weighted by atomic mass is 9.77. The average Bonchev–Trinajstić information content (AvgIpc) is 2.85. The van der Waals surface area contributed by atoms with Crippen LogP contribution in [0.15, 0.2) is 60.8 Å². The van der Waals surface area contributed by atoms with Crippen molar-refractivity contribution in [3.8, 4) is 11.3 Å². The molecule has 0 unspecified atom stereocenters. The van der Waals surface area contributed by atoms with Crippen molar-refractivity contribution in [2.24, 2.45) is 5.92 Å². The van der Waals surface area contributed by atoms with Gasteiger partial charge in [0.05, 0.1) is 28.2 Å². The Morgan fingerprint density at radius 1 is 0.946 bits per heavy atom. The maximum atomic E-state index is 13.0. The van der Waals surface area contributed by atoms with E-state index in [9.17, 15) is 22.8 Å². The lowest BCUT2D eigenvalue weighted by molar-refractivity contribution is -0.138. The van der Waals surface area contributed by atoms with Gasteiger partial charge in [0, 0.05) is 17.7 Å². The summed E-state index contributed by atoms with van der Waals surface area (Å²) in [4.78, 5) is 27.6. The number of nitrogens with one attached hydrogen (secondary N) is 2. The van der Waals surface area contributed by atoms with E-state index in [2.05, 4.69) is 27.8 Å². The molecule has 0 aliphatic heterocycles. The summed E-state index contributed by atoms with van der Waals surface area (Å²) in [5.41, 5.74) is 2.13. The lowest BCUT2D eigenvalue weighted by Crippen LogP contribution is -2.20. The van der Waals surface area contributed by atoms with Crippen LogP contribution < -0.4 is 10.6 Å². The number of hydrogen-bond donors (Lipinski definition) is 3. The number of carbonyl (C=O) groups is 2. The van der Waals surface area contributed by atoms with Crippen molar-refractivity contribution in [1.82, 2.24) is 4.98 Å². The van der Waals surface area contributed by atoms with Gasteiger partial charge in [-0.15, -0.1) is 0 Å². The van der Waals surface area contributed by atoms with Crippen LogP contribution in [0.4, 0.5) is 29.3 Å². The SMILES string of the molecule is O=C(O)CC1CCC(c2ccc(-c3ccc(NC(=O)Nc4ccc(Cl)c(C(F)(F)F)c4)cn3)cc2)CC1. The summed E-state index contributed by atoms with van der Waals surface area (Å²) in [6, 6.07) is 13.9. The first-order valence-corrected chi connectivity index (χ1v) is 12.2. The minimum atomic E-state index is -4.63. The summed E-state index contributed by atoms with van der Waals surface area (Å²) >= 11 is 5.61. The predicted octanol–water partition coefficient (Wildman–Crippen LogP) is 7.81. The highest BCUT2D eigenvalue weighted by atomic mass is 35.5. The molecule has 10 heteroatoms. The van der Waals surface area contributed by atoms with E-state index in [1.54, 1.807) is 12.1 Å². The Morgan fingerprint density at radius 2 is 1.59 bits per heavy atom. The van der Waals surface area contributed by atoms with E-state index in [0.717, 1.165) is 43.4 Å². The van der Waals surface area contributed by atoms with Gasteiger partial charge in [0.1, 0.15) is 0 Å². The van der Waals surface area contributed by atoms with Gasteiger partial charge >= 0.3 is 18.2 Å². The number of aliphatic carboxylic acids is 1. The Bertz CT molecular complexity index is 1260. The number of rotatable bonds is 6. The normalized spacial score (nSPS) is 17.7. The van der Waals surface area contributed by atoms with Crippen LogP contribution in [0, 0.1) is 5.92 Å². The molecule has 3 N–H and O–H groups in total. The summed E-state index contributed by atoms with van der Waals surface area (Å²) in [5, 5.41) is 13.4. The zero-order chi connectivity index (χ0) is 26.6. The van der Waals surface area contributed by atoms with Crippen molar-refractivity contribution < 1.29 is 27.9 Å². The molecule has 2 aromatic carbocycles. The first-order valence-electron chi connectivity index (χ1n) is 11.8. The fraction of sp³-hybridized carbons (Fsp3) is 0.296. The quantitative estimate of drug-likeness (QED) is 0.302. The van der Waals surface area contributed by atoms with Gasteiger partial charge in [-0.25, -0.2) is 4.79 Å². The number of pyridine rings is 1. The molecular formula is C27H25ClF3N3O3. The van der Waals surface area contributed by atoms with Gasteiger partial charge in [0.2, 0.25) is 0 Å². The van der Waals surface area contributed by atoms with Gasteiger partial charge in [-0.2, -0.15) is 13.2 Å². The predicted molar refractivity (Wildman–Crippen MR) is 136 cm³/mol. The number of anilines is 2. The maximum absolute atomic E-state index is 13.0. The summed E-state index contributed by atoms with van der Waals surface area (Å²) in [5.74, 6) is -0.0526. The third-order valence-electron chi connectivity index (χ3n) is 6.54. The molecule has 2 amide bonds. The molecule has 1 aromatic heterocycles. The zero-order valence-corrected chi connectivity index (χ0v) is 20.4. The molecule has 3 aromatic rings. The largest absolute Gasteiger partial charge is 0.481 e. The number of carbonyl (C=O) groups excluding carboxylic acids is 1. The van der Waals surface area contributed by atoms with Crippen LogP contribution >= 0.6 is 11.6 Å². The molecule has 0 atom stereocenters. The van der Waals surface area contributed by atoms with Crippen molar-refractivity contribution >= 4 is 35.0 Å². The maximum Gasteiger partial charge on any atom is 0.417 e. The molecule has 1 aliphatic carbocycles. The van der Waals surface area contributed by atoms with Crippen LogP contribution in [-0.2, 0) is 11.0 Å². The van der Waals surface area contributed by atoms with E-state index in [-0.39, 0.29) is 18.0 Å². The average molecular weight is 532 g/mol. The van der Waals surface area contributed by atoms with Crippen molar-refractivity contribution in [3.63, 3.8) is 0 Å². The molecule has 0 spiro atoms. The fourth-order valence-electron chi connectivity index (χ4n) is 4.63. The summed E-state index contributed by atoms with van der Waals surface area (Å²) < 4.78 is 39.1. The molecule has 1 saturated carbocycles. The molecule has 6 nitrogen and oxygen atoms in total. The van der Waals surface area contributed by atoms with Crippen LogP contribution in [-0.4, -0.2) is 22.1 Å². The Hall–Kier alpha value is -3.59. The van der Waals surface area contributed by atoms with E-state index < -0.39 is 28.8 Å². The minimum Gasteiger partial charge on any atom is -0.481 e. The number of hydrogen-bond acceptors (Lipinski definition) is 3.